The van der Waals surface area contributed by atoms with E-state index in [2.05, 4.69) is 10.1 Å². The Bertz CT molecular complexity index is 1060. The number of pyridine rings is 1. The van der Waals surface area contributed by atoms with Gasteiger partial charge in [0.25, 0.3) is 0 Å². The molecular weight excluding hydrogens is 387 g/mol. The summed E-state index contributed by atoms with van der Waals surface area (Å²) in [4.78, 5) is 25.5. The number of hydrogen-bond acceptors (Lipinski definition) is 8. The monoisotopic (exact) mass is 406 g/mol. The quantitative estimate of drug-likeness (QED) is 0.681. The zero-order valence-electron chi connectivity index (χ0n) is 15.6. The molecule has 2 atom stereocenters. The number of anilines is 1. The molecule has 2 saturated heterocycles. The first kappa shape index (κ1) is 18.0. The minimum atomic E-state index is -1.62. The first-order valence-corrected chi connectivity index (χ1v) is 9.21. The molecule has 0 aliphatic carbocycles. The molecule has 11 heteroatoms. The minimum Gasteiger partial charge on any atom is -0.467 e. The van der Waals surface area contributed by atoms with E-state index >= 15 is 4.39 Å². The summed E-state index contributed by atoms with van der Waals surface area (Å²) in [6.07, 6.45) is -0.389. The maximum absolute atomic E-state index is 15.2. The van der Waals surface area contributed by atoms with Crippen molar-refractivity contribution in [1.29, 1.82) is 0 Å². The molecule has 2 unspecified atom stereocenters. The lowest BCUT2D eigenvalue weighted by Crippen LogP contribution is -2.47. The Morgan fingerprint density at radius 2 is 2.24 bits per heavy atom. The van der Waals surface area contributed by atoms with Gasteiger partial charge in [0.2, 0.25) is 11.2 Å². The van der Waals surface area contributed by atoms with Crippen LogP contribution in [0.1, 0.15) is 0 Å². The number of aromatic nitrogens is 1. The molecule has 2 fully saturated rings. The summed E-state index contributed by atoms with van der Waals surface area (Å²) in [5.74, 6) is -0.774. The predicted octanol–water partition coefficient (Wildman–Crippen LogP) is 0.292. The van der Waals surface area contributed by atoms with Crippen molar-refractivity contribution in [2.24, 2.45) is 0 Å². The Hall–Kier alpha value is -3.05. The fourth-order valence-electron chi connectivity index (χ4n) is 4.24. The number of nitrogens with zero attached hydrogens (tertiary/aromatic N) is 3. The van der Waals surface area contributed by atoms with Crippen LogP contribution in [0.5, 0.6) is 11.5 Å². The van der Waals surface area contributed by atoms with Gasteiger partial charge in [-0.05, 0) is 6.07 Å². The summed E-state index contributed by atoms with van der Waals surface area (Å²) < 4.78 is 33.0. The molecule has 2 aromatic rings. The lowest BCUT2D eigenvalue weighted by atomic mass is 10.1. The van der Waals surface area contributed by atoms with Gasteiger partial charge >= 0.3 is 6.16 Å². The van der Waals surface area contributed by atoms with Crippen LogP contribution in [0.25, 0.3) is 10.9 Å². The SMILES string of the molecule is CN1COc2c(N3CC4NCCOC4C3)c(F)cc3c(=O)c(OC(=O)O)cn1c23. The van der Waals surface area contributed by atoms with E-state index in [0.717, 1.165) is 12.6 Å². The number of ether oxygens (including phenoxy) is 3. The van der Waals surface area contributed by atoms with E-state index in [1.54, 1.807) is 16.7 Å². The van der Waals surface area contributed by atoms with Crippen LogP contribution in [0, 0.1) is 5.82 Å². The van der Waals surface area contributed by atoms with E-state index in [4.69, 9.17) is 14.6 Å². The van der Waals surface area contributed by atoms with Gasteiger partial charge in [-0.1, -0.05) is 0 Å². The molecule has 0 saturated carbocycles. The molecule has 29 heavy (non-hydrogen) atoms. The molecule has 0 radical (unpaired) electrons. The minimum absolute atomic E-state index is 0.0162. The second-order valence-corrected chi connectivity index (χ2v) is 7.27. The van der Waals surface area contributed by atoms with Gasteiger partial charge in [-0.25, -0.2) is 9.18 Å². The molecule has 154 valence electrons. The third-order valence-electron chi connectivity index (χ3n) is 5.50. The molecule has 3 aliphatic heterocycles. The van der Waals surface area contributed by atoms with Gasteiger partial charge in [0.15, 0.2) is 18.3 Å². The summed E-state index contributed by atoms with van der Waals surface area (Å²) in [5.41, 5.74) is -0.0866. The molecule has 0 amide bonds. The second-order valence-electron chi connectivity index (χ2n) is 7.27. The molecular formula is C18H19FN4O6. The molecule has 1 aromatic heterocycles. The van der Waals surface area contributed by atoms with Crippen LogP contribution in [-0.2, 0) is 4.74 Å². The van der Waals surface area contributed by atoms with Gasteiger partial charge in [0.1, 0.15) is 11.2 Å². The average Bonchev–Trinajstić information content (AvgIpc) is 3.10. The molecule has 4 heterocycles. The van der Waals surface area contributed by atoms with Crippen LogP contribution in [0.15, 0.2) is 17.1 Å². The molecule has 5 rings (SSSR count). The van der Waals surface area contributed by atoms with E-state index in [0.29, 0.717) is 25.2 Å². The van der Waals surface area contributed by atoms with Gasteiger partial charge in [0.05, 0.1) is 30.3 Å². The zero-order chi connectivity index (χ0) is 20.3. The second kappa shape index (κ2) is 6.49. The van der Waals surface area contributed by atoms with Gasteiger partial charge < -0.3 is 29.5 Å². The third-order valence-corrected chi connectivity index (χ3v) is 5.50. The summed E-state index contributed by atoms with van der Waals surface area (Å²) in [5, 5.41) is 13.9. The smallest absolute Gasteiger partial charge is 0.467 e. The Balaban J connectivity index is 1.69. The standard InChI is InChI=1S/C18H19FN4O6/c1-21-8-28-17-14-9(16(24)13(7-23(14)21)29-18(25)26)4-10(19)15(17)22-5-11-12(6-22)27-3-2-20-11/h4,7,11-12,20H,2-3,5-6,8H2,1H3,(H,25,26). The van der Waals surface area contributed by atoms with E-state index in [1.165, 1.54) is 6.20 Å². The van der Waals surface area contributed by atoms with Crippen LogP contribution in [0.2, 0.25) is 0 Å². The van der Waals surface area contributed by atoms with E-state index in [1.807, 2.05) is 4.90 Å². The highest BCUT2D eigenvalue weighted by Crippen LogP contribution is 2.41. The van der Waals surface area contributed by atoms with Crippen LogP contribution in [0.4, 0.5) is 14.9 Å². The van der Waals surface area contributed by atoms with E-state index in [9.17, 15) is 9.59 Å². The van der Waals surface area contributed by atoms with Crippen LogP contribution in [0.3, 0.4) is 0 Å². The highest BCUT2D eigenvalue weighted by Gasteiger charge is 2.39. The summed E-state index contributed by atoms with van der Waals surface area (Å²) in [6.45, 7) is 2.48. The van der Waals surface area contributed by atoms with Crippen molar-refractivity contribution in [1.82, 2.24) is 9.99 Å². The Morgan fingerprint density at radius 3 is 3.00 bits per heavy atom. The number of benzene rings is 1. The van der Waals surface area contributed by atoms with Gasteiger partial charge in [0, 0.05) is 26.7 Å². The van der Waals surface area contributed by atoms with Gasteiger partial charge in [-0.2, -0.15) is 0 Å². The van der Waals surface area contributed by atoms with Crippen LogP contribution in [-0.4, -0.2) is 68.1 Å². The maximum atomic E-state index is 15.2. The van der Waals surface area contributed by atoms with Crippen molar-refractivity contribution in [3.8, 4) is 11.5 Å². The van der Waals surface area contributed by atoms with Crippen molar-refractivity contribution in [3.63, 3.8) is 0 Å². The van der Waals surface area contributed by atoms with Crippen LogP contribution < -0.4 is 30.1 Å². The van der Waals surface area contributed by atoms with Crippen molar-refractivity contribution in [2.75, 3.05) is 49.9 Å². The first-order chi connectivity index (χ1) is 13.9. The molecule has 3 aliphatic rings. The molecule has 0 spiro atoms. The highest BCUT2D eigenvalue weighted by atomic mass is 19.1. The molecule has 1 aromatic carbocycles. The van der Waals surface area contributed by atoms with Crippen molar-refractivity contribution >= 4 is 22.7 Å². The molecule has 2 N–H and O–H groups in total. The number of carboxylic acid groups (broad SMARTS) is 1. The number of fused-ring (bicyclic) bond motifs is 1. The third kappa shape index (κ3) is 2.76. The summed E-state index contributed by atoms with van der Waals surface area (Å²) in [7, 11) is 1.70. The van der Waals surface area contributed by atoms with Crippen molar-refractivity contribution in [3.05, 3.63) is 28.3 Å². The average molecular weight is 406 g/mol. The Morgan fingerprint density at radius 1 is 1.41 bits per heavy atom. The number of nitrogens with one attached hydrogen (secondary N) is 1. The fraction of sp³-hybridized carbons (Fsp3) is 0.444. The number of rotatable bonds is 2. The number of morpholine rings is 1. The van der Waals surface area contributed by atoms with Gasteiger partial charge in [-0.3, -0.25) is 14.5 Å². The zero-order valence-corrected chi connectivity index (χ0v) is 15.6. The number of carbonyl (C=O) groups is 1. The fourth-order valence-corrected chi connectivity index (χ4v) is 4.24. The predicted molar refractivity (Wildman–Crippen MR) is 100 cm³/mol. The summed E-state index contributed by atoms with van der Waals surface area (Å²) >= 11 is 0. The topological polar surface area (TPSA) is 106 Å². The maximum Gasteiger partial charge on any atom is 0.511 e. The largest absolute Gasteiger partial charge is 0.511 e. The lowest BCUT2D eigenvalue weighted by molar-refractivity contribution is 0.0212. The van der Waals surface area contributed by atoms with Crippen molar-refractivity contribution < 1.29 is 28.5 Å². The highest BCUT2D eigenvalue weighted by molar-refractivity contribution is 5.93. The molecule has 0 bridgehead atoms. The lowest BCUT2D eigenvalue weighted by Gasteiger charge is -2.33. The molecule has 10 nitrogen and oxygen atoms in total. The summed E-state index contributed by atoms with van der Waals surface area (Å²) in [6, 6.07) is 1.20. The van der Waals surface area contributed by atoms with E-state index in [-0.39, 0.29) is 35.7 Å². The normalized spacial score (nSPS) is 23.1. The van der Waals surface area contributed by atoms with E-state index < -0.39 is 23.2 Å². The Kier molecular flexibility index (Phi) is 4.03. The van der Waals surface area contributed by atoms with Gasteiger partial charge in [-0.15, -0.1) is 0 Å². The number of hydrogen-bond donors (Lipinski definition) is 2. The number of halogens is 1. The first-order valence-electron chi connectivity index (χ1n) is 9.21. The van der Waals surface area contributed by atoms with Crippen LogP contribution >= 0.6 is 0 Å². The van der Waals surface area contributed by atoms with Crippen molar-refractivity contribution in [2.45, 2.75) is 12.1 Å². The Labute approximate surface area is 163 Å².